The van der Waals surface area contributed by atoms with Gasteiger partial charge in [0.25, 0.3) is 5.91 Å². The number of rotatable bonds is 9. The third-order valence-electron chi connectivity index (χ3n) is 4.41. The van der Waals surface area contributed by atoms with Crippen LogP contribution in [0.2, 0.25) is 0 Å². The summed E-state index contributed by atoms with van der Waals surface area (Å²) >= 11 is 0. The number of nitrogens with zero attached hydrogens (tertiary/aromatic N) is 1. The minimum absolute atomic E-state index is 0.124. The molecule has 0 heterocycles. The van der Waals surface area contributed by atoms with E-state index in [1.54, 1.807) is 19.2 Å². The summed E-state index contributed by atoms with van der Waals surface area (Å²) in [6.45, 7) is 0.655. The molecule has 2 aromatic rings. The minimum Gasteiger partial charge on any atom is -0.467 e. The fourth-order valence-corrected chi connectivity index (χ4v) is 2.94. The van der Waals surface area contributed by atoms with Crippen molar-refractivity contribution in [3.8, 4) is 0 Å². The molecule has 0 aliphatic heterocycles. The fraction of sp³-hybridized carbons (Fsp3) is 0.318. The van der Waals surface area contributed by atoms with E-state index in [4.69, 9.17) is 4.74 Å². The van der Waals surface area contributed by atoms with E-state index < -0.39 is 12.0 Å². The summed E-state index contributed by atoms with van der Waals surface area (Å²) in [7, 11) is 4.71. The van der Waals surface area contributed by atoms with Crippen LogP contribution in [-0.4, -0.2) is 56.5 Å². The monoisotopic (exact) mass is 397 g/mol. The number of carbonyl (C=O) groups excluding carboxylic acids is 3. The third kappa shape index (κ3) is 7.04. The van der Waals surface area contributed by atoms with Gasteiger partial charge < -0.3 is 15.4 Å². The van der Waals surface area contributed by atoms with Crippen LogP contribution in [0.1, 0.15) is 21.5 Å². The third-order valence-corrected chi connectivity index (χ3v) is 4.41. The molecular formula is C22H27N3O4. The number of likely N-dealkylation sites (N-methyl/N-ethyl adjacent to an activating group) is 1. The smallest absolute Gasteiger partial charge is 0.328 e. The van der Waals surface area contributed by atoms with Gasteiger partial charge in [0.2, 0.25) is 5.91 Å². The molecule has 29 heavy (non-hydrogen) atoms. The highest BCUT2D eigenvalue weighted by atomic mass is 16.5. The van der Waals surface area contributed by atoms with Crippen LogP contribution < -0.4 is 10.6 Å². The Morgan fingerprint density at radius 1 is 1.00 bits per heavy atom. The average molecular weight is 397 g/mol. The molecule has 2 amide bonds. The van der Waals surface area contributed by atoms with E-state index in [9.17, 15) is 14.4 Å². The molecule has 0 fully saturated rings. The molecular weight excluding hydrogens is 370 g/mol. The van der Waals surface area contributed by atoms with Gasteiger partial charge in [-0.05, 0) is 30.3 Å². The zero-order valence-electron chi connectivity index (χ0n) is 17.0. The van der Waals surface area contributed by atoms with Gasteiger partial charge in [0, 0.05) is 25.6 Å². The summed E-state index contributed by atoms with van der Waals surface area (Å²) in [5, 5.41) is 5.33. The molecule has 0 unspecified atom stereocenters. The first kappa shape index (κ1) is 22.1. The Morgan fingerprint density at radius 2 is 1.66 bits per heavy atom. The molecule has 0 radical (unpaired) electrons. The Labute approximate surface area is 171 Å². The summed E-state index contributed by atoms with van der Waals surface area (Å²) in [5.74, 6) is -0.882. The Kier molecular flexibility index (Phi) is 8.36. The summed E-state index contributed by atoms with van der Waals surface area (Å²) in [6, 6.07) is 15.9. The number of amides is 2. The van der Waals surface area contributed by atoms with E-state index in [1.807, 2.05) is 54.4 Å². The normalized spacial score (nSPS) is 11.6. The van der Waals surface area contributed by atoms with Crippen LogP contribution in [-0.2, 0) is 27.3 Å². The first-order valence-electron chi connectivity index (χ1n) is 9.33. The van der Waals surface area contributed by atoms with Crippen molar-refractivity contribution in [2.45, 2.75) is 19.0 Å². The first-order valence-corrected chi connectivity index (χ1v) is 9.33. The maximum Gasteiger partial charge on any atom is 0.328 e. The topological polar surface area (TPSA) is 87.7 Å². The lowest BCUT2D eigenvalue weighted by atomic mass is 10.1. The standard InChI is InChI=1S/C22H27N3O4/c1-23-21(27)18-11-9-17(10-12-18)14-25(2)15-20(26)24-19(22(28)29-3)13-16-7-5-4-6-8-16/h4-12,19H,13-15H2,1-3H3,(H,23,27)(H,24,26)/t19-/m0/s1. The van der Waals surface area contributed by atoms with Gasteiger partial charge in [-0.25, -0.2) is 4.79 Å². The van der Waals surface area contributed by atoms with Crippen molar-refractivity contribution in [3.63, 3.8) is 0 Å². The second kappa shape index (κ2) is 11.0. The molecule has 0 saturated heterocycles. The number of methoxy groups -OCH3 is 1. The van der Waals surface area contributed by atoms with E-state index in [2.05, 4.69) is 10.6 Å². The van der Waals surface area contributed by atoms with Crippen molar-refractivity contribution in [2.24, 2.45) is 0 Å². The second-order valence-corrected chi connectivity index (χ2v) is 6.78. The molecule has 2 N–H and O–H groups in total. The predicted molar refractivity (Wildman–Crippen MR) is 110 cm³/mol. The van der Waals surface area contributed by atoms with Crippen molar-refractivity contribution in [2.75, 3.05) is 27.7 Å². The van der Waals surface area contributed by atoms with Crippen LogP contribution in [0.25, 0.3) is 0 Å². The Balaban J connectivity index is 1.91. The van der Waals surface area contributed by atoms with Gasteiger partial charge in [-0.15, -0.1) is 0 Å². The molecule has 0 aliphatic rings. The molecule has 0 bridgehead atoms. The maximum atomic E-state index is 12.4. The second-order valence-electron chi connectivity index (χ2n) is 6.78. The number of esters is 1. The number of hydrogen-bond acceptors (Lipinski definition) is 5. The molecule has 0 aliphatic carbocycles. The Bertz CT molecular complexity index is 822. The van der Waals surface area contributed by atoms with Gasteiger partial charge in [0.15, 0.2) is 0 Å². The summed E-state index contributed by atoms with van der Waals surface area (Å²) in [5.41, 5.74) is 2.49. The van der Waals surface area contributed by atoms with Crippen LogP contribution in [0.5, 0.6) is 0 Å². The molecule has 7 nitrogen and oxygen atoms in total. The lowest BCUT2D eigenvalue weighted by Gasteiger charge is -2.20. The van der Waals surface area contributed by atoms with Gasteiger partial charge in [0.1, 0.15) is 6.04 Å². The van der Waals surface area contributed by atoms with Crippen LogP contribution >= 0.6 is 0 Å². The molecule has 154 valence electrons. The largest absolute Gasteiger partial charge is 0.467 e. The minimum atomic E-state index is -0.741. The van der Waals surface area contributed by atoms with Gasteiger partial charge in [-0.3, -0.25) is 14.5 Å². The van der Waals surface area contributed by atoms with Gasteiger partial charge >= 0.3 is 5.97 Å². The molecule has 0 aromatic heterocycles. The van der Waals surface area contributed by atoms with E-state index in [1.165, 1.54) is 7.11 Å². The van der Waals surface area contributed by atoms with Crippen LogP contribution in [0, 0.1) is 0 Å². The first-order chi connectivity index (χ1) is 13.9. The predicted octanol–water partition coefficient (Wildman–Crippen LogP) is 1.38. The SMILES string of the molecule is CNC(=O)c1ccc(CN(C)CC(=O)N[C@@H](Cc2ccccc2)C(=O)OC)cc1. The van der Waals surface area contributed by atoms with Gasteiger partial charge in [-0.2, -0.15) is 0 Å². The maximum absolute atomic E-state index is 12.4. The van der Waals surface area contributed by atoms with Crippen molar-refractivity contribution >= 4 is 17.8 Å². The number of carbonyl (C=O) groups is 3. The molecule has 2 aromatic carbocycles. The molecule has 7 heteroatoms. The summed E-state index contributed by atoms with van der Waals surface area (Å²) < 4.78 is 4.83. The van der Waals surface area contributed by atoms with E-state index >= 15 is 0 Å². The van der Waals surface area contributed by atoms with Gasteiger partial charge in [0.05, 0.1) is 13.7 Å². The Hall–Kier alpha value is -3.19. The molecule has 1 atom stereocenters. The number of benzene rings is 2. The lowest BCUT2D eigenvalue weighted by molar-refractivity contribution is -0.145. The average Bonchev–Trinajstić information content (AvgIpc) is 2.73. The highest BCUT2D eigenvalue weighted by Gasteiger charge is 2.22. The van der Waals surface area contributed by atoms with E-state index in [0.29, 0.717) is 18.5 Å². The van der Waals surface area contributed by atoms with Crippen LogP contribution in [0.3, 0.4) is 0 Å². The highest BCUT2D eigenvalue weighted by Crippen LogP contribution is 2.08. The Morgan fingerprint density at radius 3 is 2.24 bits per heavy atom. The molecule has 0 saturated carbocycles. The van der Waals surface area contributed by atoms with Gasteiger partial charge in [-0.1, -0.05) is 42.5 Å². The quantitative estimate of drug-likeness (QED) is 0.624. The number of hydrogen-bond donors (Lipinski definition) is 2. The van der Waals surface area contributed by atoms with Crippen molar-refractivity contribution in [3.05, 3.63) is 71.3 Å². The zero-order valence-corrected chi connectivity index (χ0v) is 17.0. The lowest BCUT2D eigenvalue weighted by Crippen LogP contribution is -2.46. The molecule has 0 spiro atoms. The summed E-state index contributed by atoms with van der Waals surface area (Å²) in [4.78, 5) is 37.9. The number of ether oxygens (including phenoxy) is 1. The van der Waals surface area contributed by atoms with Crippen LogP contribution in [0.15, 0.2) is 54.6 Å². The van der Waals surface area contributed by atoms with Crippen LogP contribution in [0.4, 0.5) is 0 Å². The number of nitrogens with one attached hydrogen (secondary N) is 2. The summed E-state index contributed by atoms with van der Waals surface area (Å²) in [6.07, 6.45) is 0.365. The zero-order chi connectivity index (χ0) is 21.2. The van der Waals surface area contributed by atoms with Crippen molar-refractivity contribution in [1.82, 2.24) is 15.5 Å². The van der Waals surface area contributed by atoms with E-state index in [0.717, 1.165) is 11.1 Å². The van der Waals surface area contributed by atoms with E-state index in [-0.39, 0.29) is 18.4 Å². The fourth-order valence-electron chi connectivity index (χ4n) is 2.94. The highest BCUT2D eigenvalue weighted by molar-refractivity contribution is 5.93. The molecule has 2 rings (SSSR count). The van der Waals surface area contributed by atoms with Crippen molar-refractivity contribution in [1.29, 1.82) is 0 Å². The van der Waals surface area contributed by atoms with Crippen molar-refractivity contribution < 1.29 is 19.1 Å².